The van der Waals surface area contributed by atoms with Crippen molar-refractivity contribution in [1.29, 1.82) is 0 Å². The normalized spacial score (nSPS) is 11.3. The highest BCUT2D eigenvalue weighted by Gasteiger charge is 2.14. The number of rotatable bonds is 5. The second kappa shape index (κ2) is 7.74. The number of halogens is 1. The molecule has 0 radical (unpaired) electrons. The highest BCUT2D eigenvalue weighted by molar-refractivity contribution is 9.12. The van der Waals surface area contributed by atoms with E-state index in [0.717, 1.165) is 16.9 Å². The minimum atomic E-state index is -0.129. The molecule has 0 N–H and O–H groups in total. The van der Waals surface area contributed by atoms with Crippen molar-refractivity contribution in [3.8, 4) is 16.5 Å². The summed E-state index contributed by atoms with van der Waals surface area (Å²) < 4.78 is 11.1. The molecule has 2 aromatic rings. The summed E-state index contributed by atoms with van der Waals surface area (Å²) in [6.07, 6.45) is -0.129. The zero-order valence-corrected chi connectivity index (χ0v) is 12.8. The summed E-state index contributed by atoms with van der Waals surface area (Å²) in [7, 11) is 1.66. The highest BCUT2D eigenvalue weighted by Crippen LogP contribution is 2.27. The van der Waals surface area contributed by atoms with Crippen LogP contribution in [-0.2, 0) is 4.74 Å². The number of hydrogen-bond acceptors (Lipinski definition) is 2. The van der Waals surface area contributed by atoms with Crippen LogP contribution in [0.25, 0.3) is 0 Å². The van der Waals surface area contributed by atoms with E-state index in [2.05, 4.69) is 38.8 Å². The second-order valence-corrected chi connectivity index (χ2v) is 4.54. The topological polar surface area (TPSA) is 18.5 Å². The van der Waals surface area contributed by atoms with Gasteiger partial charge in [0, 0.05) is 15.9 Å². The molecule has 3 heteroatoms. The van der Waals surface area contributed by atoms with E-state index in [1.165, 1.54) is 0 Å². The molecule has 0 aliphatic heterocycles. The van der Waals surface area contributed by atoms with E-state index in [0.29, 0.717) is 6.61 Å². The van der Waals surface area contributed by atoms with Gasteiger partial charge in [-0.1, -0.05) is 48.4 Å². The Hall–Kier alpha value is -1.76. The number of benzene rings is 2. The first-order valence-corrected chi connectivity index (χ1v) is 7.03. The molecule has 0 bridgehead atoms. The zero-order valence-electron chi connectivity index (χ0n) is 11.2. The van der Waals surface area contributed by atoms with E-state index in [-0.39, 0.29) is 6.10 Å². The van der Waals surface area contributed by atoms with Gasteiger partial charge in [0.25, 0.3) is 0 Å². The molecule has 0 saturated heterocycles. The van der Waals surface area contributed by atoms with Crippen LogP contribution in [0.3, 0.4) is 0 Å². The molecule has 0 aromatic heterocycles. The maximum absolute atomic E-state index is 5.88. The Morgan fingerprint density at radius 2 is 1.65 bits per heavy atom. The molecule has 0 spiro atoms. The molecule has 0 aliphatic carbocycles. The Kier molecular flexibility index (Phi) is 5.67. The van der Waals surface area contributed by atoms with Crippen molar-refractivity contribution < 1.29 is 9.47 Å². The van der Waals surface area contributed by atoms with Crippen molar-refractivity contribution >= 4 is 15.9 Å². The fourth-order valence-electron chi connectivity index (χ4n) is 1.94. The molecule has 0 amide bonds. The third kappa shape index (κ3) is 3.86. The van der Waals surface area contributed by atoms with E-state index in [9.17, 15) is 0 Å². The molecule has 0 aliphatic rings. The van der Waals surface area contributed by atoms with Crippen molar-refractivity contribution in [2.24, 2.45) is 0 Å². The molecule has 2 nitrogen and oxygen atoms in total. The second-order valence-electron chi connectivity index (χ2n) is 4.15. The highest BCUT2D eigenvalue weighted by atomic mass is 79.9. The lowest BCUT2D eigenvalue weighted by molar-refractivity contribution is 0.108. The Morgan fingerprint density at radius 1 is 1.00 bits per heavy atom. The van der Waals surface area contributed by atoms with Crippen molar-refractivity contribution in [2.75, 3.05) is 13.7 Å². The van der Waals surface area contributed by atoms with Crippen molar-refractivity contribution in [3.63, 3.8) is 0 Å². The fourth-order valence-corrected chi connectivity index (χ4v) is 2.06. The van der Waals surface area contributed by atoms with Crippen LogP contribution in [0.15, 0.2) is 54.6 Å². The van der Waals surface area contributed by atoms with Crippen LogP contribution in [0, 0.1) is 10.8 Å². The van der Waals surface area contributed by atoms with Crippen LogP contribution in [0.2, 0.25) is 0 Å². The van der Waals surface area contributed by atoms with Crippen molar-refractivity contribution in [3.05, 3.63) is 65.7 Å². The van der Waals surface area contributed by atoms with E-state index in [1.807, 2.05) is 42.5 Å². The van der Waals surface area contributed by atoms with E-state index >= 15 is 0 Å². The Morgan fingerprint density at radius 3 is 2.25 bits per heavy atom. The number of methoxy groups -OCH3 is 1. The maximum Gasteiger partial charge on any atom is 0.118 e. The number of hydrogen-bond donors (Lipinski definition) is 0. The molecular weight excluding hydrogens is 316 g/mol. The third-order valence-electron chi connectivity index (χ3n) is 2.91. The van der Waals surface area contributed by atoms with E-state index in [1.54, 1.807) is 7.11 Å². The lowest BCUT2D eigenvalue weighted by Crippen LogP contribution is -2.06. The number of ether oxygens (including phenoxy) is 2. The lowest BCUT2D eigenvalue weighted by atomic mass is 10.0. The van der Waals surface area contributed by atoms with Crippen molar-refractivity contribution in [2.45, 2.75) is 6.10 Å². The van der Waals surface area contributed by atoms with Gasteiger partial charge in [-0.15, -0.1) is 0 Å². The molecule has 102 valence electrons. The van der Waals surface area contributed by atoms with Crippen LogP contribution in [0.5, 0.6) is 5.75 Å². The van der Waals surface area contributed by atoms with Crippen LogP contribution in [0.1, 0.15) is 17.2 Å². The van der Waals surface area contributed by atoms with Gasteiger partial charge in [-0.2, -0.15) is 0 Å². The smallest absolute Gasteiger partial charge is 0.118 e. The first-order chi connectivity index (χ1) is 9.85. The average Bonchev–Trinajstić information content (AvgIpc) is 2.53. The SMILES string of the molecule is COc1ccc(C(OCC#CBr)c2ccccc2)cc1. The summed E-state index contributed by atoms with van der Waals surface area (Å²) in [5.41, 5.74) is 2.18. The summed E-state index contributed by atoms with van der Waals surface area (Å²) >= 11 is 3.07. The molecule has 20 heavy (non-hydrogen) atoms. The summed E-state index contributed by atoms with van der Waals surface area (Å²) in [5, 5.41) is 0. The largest absolute Gasteiger partial charge is 0.497 e. The standard InChI is InChI=1S/C17H15BrO2/c1-19-16-10-8-15(9-11-16)17(20-13-5-12-18)14-6-3-2-4-7-14/h2-4,6-11,17H,13H2,1H3. The molecule has 2 rings (SSSR count). The van der Waals surface area contributed by atoms with Gasteiger partial charge < -0.3 is 9.47 Å². The van der Waals surface area contributed by atoms with Gasteiger partial charge in [0.15, 0.2) is 0 Å². The summed E-state index contributed by atoms with van der Waals surface area (Å²) in [6, 6.07) is 18.0. The average molecular weight is 331 g/mol. The molecule has 0 fully saturated rings. The summed E-state index contributed by atoms with van der Waals surface area (Å²) in [6.45, 7) is 0.372. The molecule has 0 saturated carbocycles. The van der Waals surface area contributed by atoms with Gasteiger partial charge >= 0.3 is 0 Å². The van der Waals surface area contributed by atoms with Crippen LogP contribution < -0.4 is 4.74 Å². The van der Waals surface area contributed by atoms with E-state index < -0.39 is 0 Å². The first kappa shape index (κ1) is 14.6. The minimum Gasteiger partial charge on any atom is -0.497 e. The van der Waals surface area contributed by atoms with Gasteiger partial charge in [-0.25, -0.2) is 0 Å². The lowest BCUT2D eigenvalue weighted by Gasteiger charge is -2.18. The third-order valence-corrected chi connectivity index (χ3v) is 3.19. The molecule has 0 heterocycles. The summed E-state index contributed by atoms with van der Waals surface area (Å²) in [5.74, 6) is 3.69. The van der Waals surface area contributed by atoms with Crippen LogP contribution in [-0.4, -0.2) is 13.7 Å². The quantitative estimate of drug-likeness (QED) is 0.766. The molecule has 2 aromatic carbocycles. The van der Waals surface area contributed by atoms with Crippen LogP contribution in [0.4, 0.5) is 0 Å². The first-order valence-electron chi connectivity index (χ1n) is 6.24. The Bertz CT molecular complexity index is 582. The maximum atomic E-state index is 5.88. The molecule has 1 unspecified atom stereocenters. The van der Waals surface area contributed by atoms with Crippen LogP contribution >= 0.6 is 15.9 Å². The van der Waals surface area contributed by atoms with Gasteiger partial charge in [0.1, 0.15) is 18.5 Å². The predicted octanol–water partition coefficient (Wildman–Crippen LogP) is 4.16. The van der Waals surface area contributed by atoms with Gasteiger partial charge in [0.05, 0.1) is 7.11 Å². The van der Waals surface area contributed by atoms with Gasteiger partial charge in [-0.3, -0.25) is 0 Å². The van der Waals surface area contributed by atoms with E-state index in [4.69, 9.17) is 9.47 Å². The molecular formula is C17H15BrO2. The Labute approximate surface area is 127 Å². The summed E-state index contributed by atoms with van der Waals surface area (Å²) in [4.78, 5) is 2.66. The zero-order chi connectivity index (χ0) is 14.2. The Balaban J connectivity index is 2.26. The predicted molar refractivity (Wildman–Crippen MR) is 83.9 cm³/mol. The molecule has 1 atom stereocenters. The fraction of sp³-hybridized carbons (Fsp3) is 0.176. The monoisotopic (exact) mass is 330 g/mol. The van der Waals surface area contributed by atoms with Gasteiger partial charge in [0.2, 0.25) is 0 Å². The van der Waals surface area contributed by atoms with Gasteiger partial charge in [-0.05, 0) is 28.1 Å². The van der Waals surface area contributed by atoms with Crippen molar-refractivity contribution in [1.82, 2.24) is 0 Å². The minimum absolute atomic E-state index is 0.129.